The van der Waals surface area contributed by atoms with Crippen LogP contribution in [-0.4, -0.2) is 33.4 Å². The summed E-state index contributed by atoms with van der Waals surface area (Å²) in [5.41, 5.74) is 1.41. The Hall–Kier alpha value is -3.56. The number of nitrogens with one attached hydrogen (secondary N) is 2. The van der Waals surface area contributed by atoms with Crippen LogP contribution in [-0.2, 0) is 14.8 Å². The molecule has 0 aliphatic carbocycles. The van der Waals surface area contributed by atoms with Crippen LogP contribution >= 0.6 is 11.6 Å². The zero-order valence-electron chi connectivity index (χ0n) is 17.7. The fourth-order valence-electron chi connectivity index (χ4n) is 3.26. The summed E-state index contributed by atoms with van der Waals surface area (Å²) in [6, 6.07) is 17.0. The molecule has 4 rings (SSSR count). The zero-order valence-corrected chi connectivity index (χ0v) is 19.3. The first-order valence-corrected chi connectivity index (χ1v) is 11.7. The molecule has 0 aromatic heterocycles. The highest BCUT2D eigenvalue weighted by Crippen LogP contribution is 2.32. The summed E-state index contributed by atoms with van der Waals surface area (Å²) in [6.07, 6.45) is -0.604. The van der Waals surface area contributed by atoms with Gasteiger partial charge in [-0.05, 0) is 61.5 Å². The number of anilines is 3. The predicted molar refractivity (Wildman–Crippen MR) is 127 cm³/mol. The van der Waals surface area contributed by atoms with E-state index in [2.05, 4.69) is 10.6 Å². The van der Waals surface area contributed by atoms with Crippen LogP contribution in [0.2, 0.25) is 5.02 Å². The summed E-state index contributed by atoms with van der Waals surface area (Å²) in [4.78, 5) is 24.6. The molecular weight excluding hydrogens is 466 g/mol. The van der Waals surface area contributed by atoms with Crippen LogP contribution in [0.3, 0.4) is 0 Å². The van der Waals surface area contributed by atoms with Crippen molar-refractivity contribution in [1.29, 1.82) is 0 Å². The maximum atomic E-state index is 13.1. The van der Waals surface area contributed by atoms with Crippen molar-refractivity contribution in [2.75, 3.05) is 22.0 Å². The van der Waals surface area contributed by atoms with Crippen LogP contribution in [0, 0.1) is 0 Å². The number of nitrogens with zero attached hydrogens (tertiary/aromatic N) is 1. The Kier molecular flexibility index (Phi) is 6.01. The lowest BCUT2D eigenvalue weighted by Crippen LogP contribution is -2.34. The number of ether oxygens (including phenoxy) is 1. The average Bonchev–Trinajstić information content (AvgIpc) is 2.79. The van der Waals surface area contributed by atoms with Gasteiger partial charge >= 0.3 is 0 Å². The molecule has 0 saturated carbocycles. The molecule has 1 heterocycles. The Morgan fingerprint density at radius 2 is 1.85 bits per heavy atom. The summed E-state index contributed by atoms with van der Waals surface area (Å²) in [7, 11) is -2.52. The number of halogens is 1. The van der Waals surface area contributed by atoms with E-state index in [1.807, 2.05) is 0 Å². The third-order valence-electron chi connectivity index (χ3n) is 5.09. The highest BCUT2D eigenvalue weighted by atomic mass is 35.5. The molecule has 0 bridgehead atoms. The van der Waals surface area contributed by atoms with E-state index in [4.69, 9.17) is 16.3 Å². The van der Waals surface area contributed by atoms with E-state index in [1.54, 1.807) is 43.3 Å². The maximum Gasteiger partial charge on any atom is 0.265 e. The number of sulfonamides is 1. The van der Waals surface area contributed by atoms with Crippen molar-refractivity contribution in [2.45, 2.75) is 17.9 Å². The smallest absolute Gasteiger partial charge is 0.265 e. The number of hydrogen-bond donors (Lipinski definition) is 2. The summed E-state index contributed by atoms with van der Waals surface area (Å²) in [5.74, 6) is -0.293. The first kappa shape index (κ1) is 22.6. The van der Waals surface area contributed by atoms with Gasteiger partial charge < -0.3 is 15.4 Å². The zero-order chi connectivity index (χ0) is 23.8. The van der Waals surface area contributed by atoms with Gasteiger partial charge in [0.25, 0.3) is 21.8 Å². The number of benzene rings is 3. The number of hydrogen-bond acceptors (Lipinski definition) is 5. The van der Waals surface area contributed by atoms with Crippen molar-refractivity contribution < 1.29 is 22.7 Å². The summed E-state index contributed by atoms with van der Waals surface area (Å²) in [6.45, 7) is 1.64. The Balaban J connectivity index is 1.56. The van der Waals surface area contributed by atoms with E-state index in [0.29, 0.717) is 27.8 Å². The molecule has 0 radical (unpaired) electrons. The predicted octanol–water partition coefficient (Wildman–Crippen LogP) is 4.14. The largest absolute Gasteiger partial charge is 0.479 e. The Bertz CT molecular complexity index is 1360. The summed E-state index contributed by atoms with van der Waals surface area (Å²) < 4.78 is 32.8. The van der Waals surface area contributed by atoms with E-state index >= 15 is 0 Å². The van der Waals surface area contributed by atoms with Crippen molar-refractivity contribution in [3.05, 3.63) is 77.3 Å². The van der Waals surface area contributed by atoms with Crippen molar-refractivity contribution in [2.24, 2.45) is 0 Å². The minimum Gasteiger partial charge on any atom is -0.479 e. The van der Waals surface area contributed by atoms with E-state index < -0.39 is 22.0 Å². The number of fused-ring (bicyclic) bond motifs is 1. The SMILES string of the molecule is CC1Oc2ccc(NC(=O)c3cccc(S(=O)(=O)N(C)c4cccc(Cl)c4)c3)cc2NC1=O. The van der Waals surface area contributed by atoms with Gasteiger partial charge in [-0.15, -0.1) is 0 Å². The monoisotopic (exact) mass is 485 g/mol. The Morgan fingerprint density at radius 1 is 1.09 bits per heavy atom. The van der Waals surface area contributed by atoms with Gasteiger partial charge in [-0.2, -0.15) is 0 Å². The molecular formula is C23H20ClN3O5S. The summed E-state index contributed by atoms with van der Waals surface area (Å²) >= 11 is 5.98. The van der Waals surface area contributed by atoms with E-state index in [0.717, 1.165) is 4.31 Å². The van der Waals surface area contributed by atoms with Crippen molar-refractivity contribution >= 4 is 50.5 Å². The molecule has 1 aliphatic heterocycles. The lowest BCUT2D eigenvalue weighted by Gasteiger charge is -2.23. The summed E-state index contributed by atoms with van der Waals surface area (Å²) in [5, 5.41) is 5.83. The van der Waals surface area contributed by atoms with Gasteiger partial charge in [-0.1, -0.05) is 23.7 Å². The molecule has 0 fully saturated rings. The molecule has 10 heteroatoms. The van der Waals surface area contributed by atoms with Gasteiger partial charge in [0.2, 0.25) is 0 Å². The van der Waals surface area contributed by atoms with Gasteiger partial charge in [0, 0.05) is 23.3 Å². The number of carbonyl (C=O) groups is 2. The van der Waals surface area contributed by atoms with Crippen LogP contribution in [0.4, 0.5) is 17.1 Å². The van der Waals surface area contributed by atoms with E-state index in [1.165, 1.54) is 37.4 Å². The molecule has 3 aromatic rings. The van der Waals surface area contributed by atoms with Crippen molar-refractivity contribution in [1.82, 2.24) is 0 Å². The quantitative estimate of drug-likeness (QED) is 0.565. The second-order valence-corrected chi connectivity index (χ2v) is 9.80. The molecule has 1 atom stereocenters. The van der Waals surface area contributed by atoms with Gasteiger partial charge in [0.05, 0.1) is 16.3 Å². The molecule has 2 N–H and O–H groups in total. The minimum atomic E-state index is -3.93. The topological polar surface area (TPSA) is 105 Å². The maximum absolute atomic E-state index is 13.1. The second-order valence-electron chi connectivity index (χ2n) is 7.39. The molecule has 33 heavy (non-hydrogen) atoms. The fraction of sp³-hybridized carbons (Fsp3) is 0.130. The molecule has 2 amide bonds. The molecule has 3 aromatic carbocycles. The van der Waals surface area contributed by atoms with Gasteiger partial charge in [-0.3, -0.25) is 13.9 Å². The Labute approximate surface area is 196 Å². The average molecular weight is 486 g/mol. The van der Waals surface area contributed by atoms with Crippen molar-refractivity contribution in [3.8, 4) is 5.75 Å². The highest BCUT2D eigenvalue weighted by molar-refractivity contribution is 7.92. The second kappa shape index (κ2) is 8.76. The van der Waals surface area contributed by atoms with Crippen molar-refractivity contribution in [3.63, 3.8) is 0 Å². The highest BCUT2D eigenvalue weighted by Gasteiger charge is 2.25. The van der Waals surface area contributed by atoms with E-state index in [-0.39, 0.29) is 16.4 Å². The van der Waals surface area contributed by atoms with Crippen LogP contribution in [0.1, 0.15) is 17.3 Å². The normalized spacial score (nSPS) is 15.1. The van der Waals surface area contributed by atoms with Gasteiger partial charge in [-0.25, -0.2) is 8.42 Å². The Morgan fingerprint density at radius 3 is 2.61 bits per heavy atom. The molecule has 0 saturated heterocycles. The molecule has 170 valence electrons. The fourth-order valence-corrected chi connectivity index (χ4v) is 4.67. The number of rotatable bonds is 5. The van der Waals surface area contributed by atoms with Gasteiger partial charge in [0.15, 0.2) is 6.10 Å². The lowest BCUT2D eigenvalue weighted by atomic mass is 10.2. The first-order chi connectivity index (χ1) is 15.6. The first-order valence-electron chi connectivity index (χ1n) is 9.92. The lowest BCUT2D eigenvalue weighted by molar-refractivity contribution is -0.122. The van der Waals surface area contributed by atoms with Crippen LogP contribution in [0.15, 0.2) is 71.6 Å². The molecule has 1 unspecified atom stereocenters. The van der Waals surface area contributed by atoms with Crippen LogP contribution in [0.5, 0.6) is 5.75 Å². The molecule has 8 nitrogen and oxygen atoms in total. The van der Waals surface area contributed by atoms with Crippen LogP contribution < -0.4 is 19.7 Å². The number of amides is 2. The number of carbonyl (C=O) groups excluding carboxylic acids is 2. The van der Waals surface area contributed by atoms with Gasteiger partial charge in [0.1, 0.15) is 5.75 Å². The van der Waals surface area contributed by atoms with E-state index in [9.17, 15) is 18.0 Å². The molecule has 1 aliphatic rings. The molecule has 0 spiro atoms. The third-order valence-corrected chi connectivity index (χ3v) is 7.11. The minimum absolute atomic E-state index is 0.0438. The standard InChI is InChI=1S/C23H20ClN3O5S/c1-14-22(28)26-20-13-17(9-10-21(20)32-14)25-23(29)15-5-3-8-19(11-15)33(30,31)27(2)18-7-4-6-16(24)12-18/h3-14H,1-2H3,(H,25,29)(H,26,28). The third kappa shape index (κ3) is 4.64. The van der Waals surface area contributed by atoms with Crippen LogP contribution in [0.25, 0.3) is 0 Å².